The van der Waals surface area contributed by atoms with Crippen molar-refractivity contribution in [3.05, 3.63) is 0 Å². The van der Waals surface area contributed by atoms with Crippen LogP contribution >= 0.6 is 0 Å². The molecule has 0 radical (unpaired) electrons. The molecule has 0 aromatic heterocycles. The lowest BCUT2D eigenvalue weighted by Crippen LogP contribution is -2.40. The Kier molecular flexibility index (Phi) is 4.16. The van der Waals surface area contributed by atoms with Crippen LogP contribution in [0.15, 0.2) is 0 Å². The summed E-state index contributed by atoms with van der Waals surface area (Å²) < 4.78 is 0. The molecule has 1 atom stereocenters. The molecule has 0 saturated heterocycles. The van der Waals surface area contributed by atoms with Gasteiger partial charge in [-0.3, -0.25) is 0 Å². The highest BCUT2D eigenvalue weighted by Crippen LogP contribution is 2.28. The molecule has 0 aliphatic heterocycles. The maximum Gasteiger partial charge on any atom is 0.0771 e. The van der Waals surface area contributed by atoms with E-state index >= 15 is 0 Å². The van der Waals surface area contributed by atoms with Crippen molar-refractivity contribution in [2.24, 2.45) is 0 Å². The Morgan fingerprint density at radius 3 is 2.54 bits per heavy atom. The molecule has 1 unspecified atom stereocenters. The summed E-state index contributed by atoms with van der Waals surface area (Å²) in [7, 11) is 0. The first-order valence-electron chi connectivity index (χ1n) is 5.27. The van der Waals surface area contributed by atoms with Gasteiger partial charge >= 0.3 is 0 Å². The van der Waals surface area contributed by atoms with Gasteiger partial charge in [0, 0.05) is 13.1 Å². The summed E-state index contributed by atoms with van der Waals surface area (Å²) in [6.45, 7) is 3.18. The lowest BCUT2D eigenvalue weighted by Gasteiger charge is -2.23. The maximum absolute atomic E-state index is 9.93. The van der Waals surface area contributed by atoms with E-state index in [1.807, 2.05) is 6.92 Å². The van der Waals surface area contributed by atoms with Crippen LogP contribution in [-0.4, -0.2) is 35.0 Å². The molecule has 78 valence electrons. The molecule has 1 saturated carbocycles. The fourth-order valence-corrected chi connectivity index (χ4v) is 1.83. The molecule has 13 heavy (non-hydrogen) atoms. The molecule has 0 bridgehead atoms. The van der Waals surface area contributed by atoms with Crippen LogP contribution in [0, 0.1) is 0 Å². The molecule has 1 aliphatic rings. The molecule has 3 N–H and O–H groups in total. The zero-order valence-corrected chi connectivity index (χ0v) is 8.42. The first kappa shape index (κ1) is 11.0. The lowest BCUT2D eigenvalue weighted by molar-refractivity contribution is 0.0438. The molecular weight excluding hydrogens is 166 g/mol. The van der Waals surface area contributed by atoms with Gasteiger partial charge in [0.2, 0.25) is 0 Å². The summed E-state index contributed by atoms with van der Waals surface area (Å²) >= 11 is 0. The zero-order valence-electron chi connectivity index (χ0n) is 8.42. The SMILES string of the molecule is CCC(O)CNCC1(O)CCCC1. The minimum Gasteiger partial charge on any atom is -0.392 e. The van der Waals surface area contributed by atoms with Crippen molar-refractivity contribution < 1.29 is 10.2 Å². The largest absolute Gasteiger partial charge is 0.392 e. The average Bonchev–Trinajstić information content (AvgIpc) is 2.52. The second-order valence-electron chi connectivity index (χ2n) is 4.12. The van der Waals surface area contributed by atoms with E-state index in [2.05, 4.69) is 5.32 Å². The van der Waals surface area contributed by atoms with Crippen LogP contribution < -0.4 is 5.32 Å². The molecule has 0 amide bonds. The van der Waals surface area contributed by atoms with Gasteiger partial charge in [-0.15, -0.1) is 0 Å². The van der Waals surface area contributed by atoms with Crippen molar-refractivity contribution in [3.8, 4) is 0 Å². The molecule has 0 heterocycles. The maximum atomic E-state index is 9.93. The van der Waals surface area contributed by atoms with Crippen LogP contribution in [0.3, 0.4) is 0 Å². The summed E-state index contributed by atoms with van der Waals surface area (Å²) in [6, 6.07) is 0. The quantitative estimate of drug-likeness (QED) is 0.592. The van der Waals surface area contributed by atoms with E-state index < -0.39 is 5.60 Å². The van der Waals surface area contributed by atoms with Crippen LogP contribution in [0.5, 0.6) is 0 Å². The van der Waals surface area contributed by atoms with E-state index in [1.165, 1.54) is 0 Å². The summed E-state index contributed by atoms with van der Waals surface area (Å²) in [6.07, 6.45) is 4.57. The Morgan fingerprint density at radius 2 is 2.00 bits per heavy atom. The Balaban J connectivity index is 2.11. The van der Waals surface area contributed by atoms with E-state index in [9.17, 15) is 10.2 Å². The number of rotatable bonds is 5. The van der Waals surface area contributed by atoms with Crippen molar-refractivity contribution in [2.45, 2.75) is 50.7 Å². The van der Waals surface area contributed by atoms with Crippen molar-refractivity contribution >= 4 is 0 Å². The Labute approximate surface area is 80.2 Å². The predicted molar refractivity (Wildman–Crippen MR) is 52.6 cm³/mol. The van der Waals surface area contributed by atoms with E-state index in [0.29, 0.717) is 13.1 Å². The van der Waals surface area contributed by atoms with Gasteiger partial charge in [0.25, 0.3) is 0 Å². The van der Waals surface area contributed by atoms with Gasteiger partial charge in [0.05, 0.1) is 11.7 Å². The minimum absolute atomic E-state index is 0.273. The van der Waals surface area contributed by atoms with Gasteiger partial charge in [-0.25, -0.2) is 0 Å². The van der Waals surface area contributed by atoms with Gasteiger partial charge in [0.15, 0.2) is 0 Å². The molecule has 0 aromatic rings. The fraction of sp³-hybridized carbons (Fsp3) is 1.00. The molecule has 1 rings (SSSR count). The standard InChI is InChI=1S/C10H21NO2/c1-2-9(12)7-11-8-10(13)5-3-4-6-10/h9,11-13H,2-8H2,1H3. The highest BCUT2D eigenvalue weighted by molar-refractivity contribution is 4.86. The number of aliphatic hydroxyl groups excluding tert-OH is 1. The Hall–Kier alpha value is -0.120. The summed E-state index contributed by atoms with van der Waals surface area (Å²) in [5.41, 5.74) is -0.493. The second kappa shape index (κ2) is 4.94. The van der Waals surface area contributed by atoms with Crippen LogP contribution in [0.4, 0.5) is 0 Å². The normalized spacial score (nSPS) is 23.3. The molecule has 1 aliphatic carbocycles. The first-order valence-corrected chi connectivity index (χ1v) is 5.27. The van der Waals surface area contributed by atoms with Crippen molar-refractivity contribution in [1.29, 1.82) is 0 Å². The van der Waals surface area contributed by atoms with E-state index in [4.69, 9.17) is 0 Å². The van der Waals surface area contributed by atoms with Gasteiger partial charge in [0.1, 0.15) is 0 Å². The Morgan fingerprint density at radius 1 is 1.38 bits per heavy atom. The Bertz CT molecular complexity index is 144. The highest BCUT2D eigenvalue weighted by atomic mass is 16.3. The fourth-order valence-electron chi connectivity index (χ4n) is 1.83. The second-order valence-corrected chi connectivity index (χ2v) is 4.12. The van der Waals surface area contributed by atoms with Crippen molar-refractivity contribution in [1.82, 2.24) is 5.32 Å². The average molecular weight is 187 g/mol. The van der Waals surface area contributed by atoms with E-state index in [1.54, 1.807) is 0 Å². The van der Waals surface area contributed by atoms with Gasteiger partial charge < -0.3 is 15.5 Å². The van der Waals surface area contributed by atoms with Gasteiger partial charge in [-0.05, 0) is 19.3 Å². The highest BCUT2D eigenvalue weighted by Gasteiger charge is 2.30. The zero-order chi connectivity index (χ0) is 9.73. The first-order chi connectivity index (χ1) is 6.16. The third kappa shape index (κ3) is 3.63. The summed E-state index contributed by atoms with van der Waals surface area (Å²) in [5, 5.41) is 22.3. The summed E-state index contributed by atoms with van der Waals surface area (Å²) in [4.78, 5) is 0. The van der Waals surface area contributed by atoms with Crippen LogP contribution in [0.1, 0.15) is 39.0 Å². The minimum atomic E-state index is -0.493. The number of hydrogen-bond acceptors (Lipinski definition) is 3. The van der Waals surface area contributed by atoms with Crippen LogP contribution in [0.25, 0.3) is 0 Å². The van der Waals surface area contributed by atoms with Crippen molar-refractivity contribution in [2.75, 3.05) is 13.1 Å². The smallest absolute Gasteiger partial charge is 0.0771 e. The van der Waals surface area contributed by atoms with Gasteiger partial charge in [-0.2, -0.15) is 0 Å². The number of hydrogen-bond donors (Lipinski definition) is 3. The van der Waals surface area contributed by atoms with Crippen LogP contribution in [0.2, 0.25) is 0 Å². The predicted octanol–water partition coefficient (Wildman–Crippen LogP) is 0.652. The monoisotopic (exact) mass is 187 g/mol. The number of nitrogens with one attached hydrogen (secondary N) is 1. The molecule has 1 fully saturated rings. The third-order valence-corrected chi connectivity index (χ3v) is 2.84. The molecule has 3 nitrogen and oxygen atoms in total. The molecular formula is C10H21NO2. The van der Waals surface area contributed by atoms with E-state index in [-0.39, 0.29) is 6.10 Å². The summed E-state index contributed by atoms with van der Waals surface area (Å²) in [5.74, 6) is 0. The third-order valence-electron chi connectivity index (χ3n) is 2.84. The lowest BCUT2D eigenvalue weighted by atomic mass is 10.0. The van der Waals surface area contributed by atoms with Gasteiger partial charge in [-0.1, -0.05) is 19.8 Å². The topological polar surface area (TPSA) is 52.5 Å². The molecule has 3 heteroatoms. The van der Waals surface area contributed by atoms with Crippen LogP contribution in [-0.2, 0) is 0 Å². The number of aliphatic hydroxyl groups is 2. The molecule has 0 spiro atoms. The van der Waals surface area contributed by atoms with E-state index in [0.717, 1.165) is 32.1 Å². The van der Waals surface area contributed by atoms with Crippen molar-refractivity contribution in [3.63, 3.8) is 0 Å². The molecule has 0 aromatic carbocycles.